The van der Waals surface area contributed by atoms with Gasteiger partial charge in [0.15, 0.2) is 0 Å². The number of rotatable bonds is 9. The van der Waals surface area contributed by atoms with Gasteiger partial charge in [0.2, 0.25) is 5.91 Å². The molecular formula is C25H35FN2O3. The maximum Gasteiger partial charge on any atom is 0.226 e. The quantitative estimate of drug-likeness (QED) is 0.619. The fourth-order valence-electron chi connectivity index (χ4n) is 5.80. The predicted molar refractivity (Wildman–Crippen MR) is 118 cm³/mol. The van der Waals surface area contributed by atoms with Crippen molar-refractivity contribution in [3.63, 3.8) is 0 Å². The Kier molecular flexibility index (Phi) is 6.97. The Balaban J connectivity index is 1.41. The number of benzene rings is 1. The Morgan fingerprint density at radius 2 is 1.90 bits per heavy atom. The molecule has 5 nitrogen and oxygen atoms in total. The zero-order valence-electron chi connectivity index (χ0n) is 18.4. The minimum atomic E-state index is -0.131. The average Bonchev–Trinajstić information content (AvgIpc) is 2.81. The molecule has 0 spiro atoms. The molecule has 0 saturated heterocycles. The lowest BCUT2D eigenvalue weighted by molar-refractivity contribution is -0.139. The van der Waals surface area contributed by atoms with Crippen molar-refractivity contribution in [3.05, 3.63) is 41.7 Å². The summed E-state index contributed by atoms with van der Waals surface area (Å²) in [6.45, 7) is 0.964. The van der Waals surface area contributed by atoms with E-state index >= 15 is 0 Å². The molecule has 2 bridgehead atoms. The summed E-state index contributed by atoms with van der Waals surface area (Å²) >= 11 is 0. The highest BCUT2D eigenvalue weighted by Gasteiger charge is 2.49. The number of amides is 1. The molecule has 4 aliphatic carbocycles. The summed E-state index contributed by atoms with van der Waals surface area (Å²) in [5.41, 5.74) is 6.94. The molecule has 0 heterocycles. The number of hydrogen-bond donors (Lipinski definition) is 2. The van der Waals surface area contributed by atoms with Crippen LogP contribution in [0.4, 0.5) is 4.39 Å². The lowest BCUT2D eigenvalue weighted by Crippen LogP contribution is -2.56. The summed E-state index contributed by atoms with van der Waals surface area (Å²) < 4.78 is 23.7. The van der Waals surface area contributed by atoms with Crippen LogP contribution in [-0.2, 0) is 9.53 Å². The Labute approximate surface area is 184 Å². The minimum Gasteiger partial charge on any atom is -0.489 e. The number of carbonyl (C=O) groups is 1. The molecule has 1 aromatic carbocycles. The first-order chi connectivity index (χ1) is 15.1. The fraction of sp³-hybridized carbons (Fsp3) is 0.640. The Morgan fingerprint density at radius 1 is 1.23 bits per heavy atom. The second-order valence-electron chi connectivity index (χ2n) is 9.65. The Morgan fingerprint density at radius 3 is 2.48 bits per heavy atom. The normalized spacial score (nSPS) is 32.4. The molecule has 0 aromatic heterocycles. The number of carbonyl (C=O) groups excluding carboxylic acids is 1. The van der Waals surface area contributed by atoms with Crippen LogP contribution in [0.25, 0.3) is 0 Å². The fourth-order valence-corrected chi connectivity index (χ4v) is 5.80. The van der Waals surface area contributed by atoms with Crippen LogP contribution in [0, 0.1) is 17.3 Å². The first kappa shape index (κ1) is 22.3. The van der Waals surface area contributed by atoms with Gasteiger partial charge in [-0.25, -0.2) is 4.39 Å². The van der Waals surface area contributed by atoms with Gasteiger partial charge in [0, 0.05) is 43.2 Å². The number of ether oxygens (including phenoxy) is 2. The van der Waals surface area contributed by atoms with Gasteiger partial charge in [-0.2, -0.15) is 0 Å². The van der Waals surface area contributed by atoms with E-state index in [1.54, 1.807) is 7.11 Å². The molecule has 0 unspecified atom stereocenters. The highest BCUT2D eigenvalue weighted by Crippen LogP contribution is 2.51. The molecule has 0 radical (unpaired) electrons. The van der Waals surface area contributed by atoms with E-state index < -0.39 is 0 Å². The van der Waals surface area contributed by atoms with Crippen LogP contribution in [0.5, 0.6) is 5.75 Å². The van der Waals surface area contributed by atoms with Crippen LogP contribution >= 0.6 is 0 Å². The van der Waals surface area contributed by atoms with Gasteiger partial charge in [-0.15, -0.1) is 0 Å². The first-order valence-electron chi connectivity index (χ1n) is 11.6. The topological polar surface area (TPSA) is 73.6 Å². The Hall–Kier alpha value is -1.92. The third-order valence-corrected chi connectivity index (χ3v) is 7.88. The molecule has 4 saturated carbocycles. The summed E-state index contributed by atoms with van der Waals surface area (Å²) in [5.74, 6) is 2.42. The number of methoxy groups -OCH3 is 1. The van der Waals surface area contributed by atoms with Crippen LogP contribution in [0.15, 0.2) is 36.2 Å². The molecule has 6 heteroatoms. The van der Waals surface area contributed by atoms with E-state index in [2.05, 4.69) is 5.32 Å². The van der Waals surface area contributed by atoms with Gasteiger partial charge >= 0.3 is 0 Å². The number of nitrogens with one attached hydrogen (secondary N) is 1. The van der Waals surface area contributed by atoms with Crippen molar-refractivity contribution in [1.29, 1.82) is 0 Å². The van der Waals surface area contributed by atoms with E-state index in [-0.39, 0.29) is 36.4 Å². The molecule has 0 aliphatic heterocycles. The second kappa shape index (κ2) is 9.70. The van der Waals surface area contributed by atoms with Gasteiger partial charge in [0.1, 0.15) is 12.4 Å². The predicted octanol–water partition coefficient (Wildman–Crippen LogP) is 4.08. The minimum absolute atomic E-state index is 0.131. The van der Waals surface area contributed by atoms with Crippen molar-refractivity contribution in [2.24, 2.45) is 23.0 Å². The molecule has 5 rings (SSSR count). The summed E-state index contributed by atoms with van der Waals surface area (Å²) in [4.78, 5) is 13.3. The van der Waals surface area contributed by atoms with E-state index in [0.29, 0.717) is 30.2 Å². The standard InChI is InChI=1S/C25H35FN2O3/c1-30-16-20-12-22(28-24(29)25-9-6-17(7-10-25)8-11-25)23(20)19-2-4-21(5-3-19)31-15-18(13-26)14-27/h2-5,13,17,20,22-23H,6-12,14-16,27H2,1H3,(H,28,29)/b18-13+/t17?,20-,22+,23-,25?/m1/s1. The van der Waals surface area contributed by atoms with E-state index in [0.717, 1.165) is 31.6 Å². The van der Waals surface area contributed by atoms with Crippen LogP contribution < -0.4 is 15.8 Å². The number of halogens is 1. The molecule has 31 heavy (non-hydrogen) atoms. The number of fused-ring (bicyclic) bond motifs is 3. The summed E-state index contributed by atoms with van der Waals surface area (Å²) in [5, 5.41) is 3.42. The van der Waals surface area contributed by atoms with Crippen LogP contribution in [0.3, 0.4) is 0 Å². The third-order valence-electron chi connectivity index (χ3n) is 7.88. The second-order valence-corrected chi connectivity index (χ2v) is 9.65. The van der Waals surface area contributed by atoms with Gasteiger partial charge in [-0.1, -0.05) is 12.1 Å². The molecule has 3 atom stereocenters. The average molecular weight is 431 g/mol. The number of nitrogens with two attached hydrogens (primary N) is 1. The van der Waals surface area contributed by atoms with Crippen LogP contribution in [0.2, 0.25) is 0 Å². The molecule has 4 aliphatic rings. The van der Waals surface area contributed by atoms with Crippen molar-refractivity contribution in [3.8, 4) is 5.75 Å². The van der Waals surface area contributed by atoms with Crippen molar-refractivity contribution in [2.75, 3.05) is 26.9 Å². The van der Waals surface area contributed by atoms with Gasteiger partial charge in [-0.05, 0) is 74.5 Å². The van der Waals surface area contributed by atoms with Crippen LogP contribution in [-0.4, -0.2) is 38.8 Å². The smallest absolute Gasteiger partial charge is 0.226 e. The lowest BCUT2D eigenvalue weighted by Gasteiger charge is -2.49. The van der Waals surface area contributed by atoms with Crippen molar-refractivity contribution >= 4 is 5.91 Å². The van der Waals surface area contributed by atoms with Crippen molar-refractivity contribution in [1.82, 2.24) is 5.32 Å². The lowest BCUT2D eigenvalue weighted by atomic mass is 9.59. The van der Waals surface area contributed by atoms with E-state index in [4.69, 9.17) is 15.2 Å². The molecule has 1 aromatic rings. The summed E-state index contributed by atoms with van der Waals surface area (Å²) in [6.07, 6.45) is 8.22. The SMILES string of the molecule is COC[C@H]1C[C@H](NC(=O)C23CCC(CC2)CC3)[C@@H]1c1ccc(OC/C(=C/F)CN)cc1. The third kappa shape index (κ3) is 4.65. The number of hydrogen-bond acceptors (Lipinski definition) is 4. The monoisotopic (exact) mass is 430 g/mol. The summed E-state index contributed by atoms with van der Waals surface area (Å²) in [7, 11) is 1.73. The van der Waals surface area contributed by atoms with E-state index in [9.17, 15) is 9.18 Å². The zero-order chi connectivity index (χ0) is 21.8. The zero-order valence-corrected chi connectivity index (χ0v) is 18.4. The van der Waals surface area contributed by atoms with Gasteiger partial charge in [-0.3, -0.25) is 4.79 Å². The van der Waals surface area contributed by atoms with Crippen LogP contribution in [0.1, 0.15) is 56.4 Å². The summed E-state index contributed by atoms with van der Waals surface area (Å²) in [6, 6.07) is 8.05. The molecule has 1 amide bonds. The Bertz CT molecular complexity index is 773. The van der Waals surface area contributed by atoms with Gasteiger partial charge in [0.25, 0.3) is 0 Å². The molecule has 4 fully saturated rings. The molecular weight excluding hydrogens is 395 g/mol. The molecule has 170 valence electrons. The van der Waals surface area contributed by atoms with E-state index in [1.807, 2.05) is 24.3 Å². The maximum absolute atomic E-state index is 13.3. The van der Waals surface area contributed by atoms with E-state index in [1.165, 1.54) is 24.8 Å². The van der Waals surface area contributed by atoms with Crippen molar-refractivity contribution < 1.29 is 18.7 Å². The highest BCUT2D eigenvalue weighted by atomic mass is 19.1. The van der Waals surface area contributed by atoms with Gasteiger partial charge in [0.05, 0.1) is 6.33 Å². The highest BCUT2D eigenvalue weighted by molar-refractivity contribution is 5.83. The first-order valence-corrected chi connectivity index (χ1v) is 11.6. The van der Waals surface area contributed by atoms with Crippen molar-refractivity contribution in [2.45, 2.75) is 56.9 Å². The largest absolute Gasteiger partial charge is 0.489 e. The molecule has 3 N–H and O–H groups in total. The maximum atomic E-state index is 13.3. The van der Waals surface area contributed by atoms with Gasteiger partial charge < -0.3 is 20.5 Å².